The van der Waals surface area contributed by atoms with E-state index < -0.39 is 35.2 Å². The summed E-state index contributed by atoms with van der Waals surface area (Å²) >= 11 is 0. The molecule has 0 aliphatic heterocycles. The van der Waals surface area contributed by atoms with Crippen molar-refractivity contribution in [1.29, 1.82) is 0 Å². The molecule has 0 bridgehead atoms. The molecule has 168 valence electrons. The summed E-state index contributed by atoms with van der Waals surface area (Å²) in [5.41, 5.74) is -1.01. The minimum Gasteiger partial charge on any atom is -0.444 e. The lowest BCUT2D eigenvalue weighted by Crippen LogP contribution is -2.37. The molecule has 0 radical (unpaired) electrons. The molecule has 0 saturated heterocycles. The largest absolute Gasteiger partial charge is 0.444 e. The molecule has 1 aromatic carbocycles. The van der Waals surface area contributed by atoms with Crippen molar-refractivity contribution in [2.75, 3.05) is 0 Å². The Bertz CT molecular complexity index is 954. The van der Waals surface area contributed by atoms with E-state index in [1.807, 2.05) is 0 Å². The minimum absolute atomic E-state index is 0.179. The number of nitrogens with one attached hydrogen (secondary N) is 1. The number of rotatable bonds is 5. The summed E-state index contributed by atoms with van der Waals surface area (Å²) in [6, 6.07) is 5.35. The highest BCUT2D eigenvalue weighted by Gasteiger charge is 2.28. The van der Waals surface area contributed by atoms with Crippen LogP contribution < -0.4 is 5.32 Å². The predicted octanol–water partition coefficient (Wildman–Crippen LogP) is 5.61. The first kappa shape index (κ1) is 24.1. The number of benzene rings is 1. The van der Waals surface area contributed by atoms with Crippen LogP contribution in [0.1, 0.15) is 59.8 Å². The maximum atomic E-state index is 14.4. The van der Waals surface area contributed by atoms with Gasteiger partial charge in [-0.2, -0.15) is 0 Å². The van der Waals surface area contributed by atoms with Crippen LogP contribution in [0, 0.1) is 5.82 Å². The van der Waals surface area contributed by atoms with E-state index in [0.717, 1.165) is 0 Å². The molecule has 0 spiro atoms. The van der Waals surface area contributed by atoms with E-state index in [-0.39, 0.29) is 23.5 Å². The molecule has 31 heavy (non-hydrogen) atoms. The smallest absolute Gasteiger partial charge is 0.420 e. The van der Waals surface area contributed by atoms with Crippen LogP contribution in [0.2, 0.25) is 0 Å². The third-order valence-corrected chi connectivity index (χ3v) is 3.88. The monoisotopic (exact) mass is 431 g/mol. The van der Waals surface area contributed by atoms with E-state index in [0.29, 0.717) is 0 Å². The molecule has 7 nitrogen and oxygen atoms in total. The zero-order valence-electron chi connectivity index (χ0n) is 18.9. The number of ether oxygens (including phenoxy) is 2. The highest BCUT2D eigenvalue weighted by atomic mass is 19.1. The van der Waals surface area contributed by atoms with E-state index in [2.05, 4.69) is 16.9 Å². The quantitative estimate of drug-likeness (QED) is 0.622. The van der Waals surface area contributed by atoms with Crippen molar-refractivity contribution in [3.63, 3.8) is 0 Å². The second kappa shape index (κ2) is 9.32. The van der Waals surface area contributed by atoms with Gasteiger partial charge in [0.1, 0.15) is 22.8 Å². The van der Waals surface area contributed by atoms with Gasteiger partial charge in [-0.1, -0.05) is 18.2 Å². The summed E-state index contributed by atoms with van der Waals surface area (Å²) in [6.45, 7) is 14.2. The van der Waals surface area contributed by atoms with Crippen molar-refractivity contribution in [3.8, 4) is 11.3 Å². The summed E-state index contributed by atoms with van der Waals surface area (Å²) in [6.07, 6.45) is 1.87. The normalized spacial score (nSPS) is 12.7. The average Bonchev–Trinajstić information content (AvgIpc) is 3.04. The van der Waals surface area contributed by atoms with Crippen molar-refractivity contribution in [3.05, 3.63) is 54.8 Å². The molecule has 2 rings (SSSR count). The van der Waals surface area contributed by atoms with Crippen LogP contribution in [0.5, 0.6) is 0 Å². The number of carbonyl (C=O) groups is 2. The maximum absolute atomic E-state index is 14.4. The fourth-order valence-corrected chi connectivity index (χ4v) is 2.74. The Balaban J connectivity index is 2.52. The fraction of sp³-hybridized carbons (Fsp3) is 0.435. The summed E-state index contributed by atoms with van der Waals surface area (Å²) in [5.74, 6) is -0.304. The minimum atomic E-state index is -0.761. The molecule has 0 unspecified atom stereocenters. The van der Waals surface area contributed by atoms with Crippen LogP contribution >= 0.6 is 0 Å². The third kappa shape index (κ3) is 6.94. The van der Waals surface area contributed by atoms with Gasteiger partial charge in [-0.15, -0.1) is 6.58 Å². The second-order valence-electron chi connectivity index (χ2n) is 9.04. The standard InChI is InChI=1S/C23H30FN3O4/c1-8-11-17(26-20(28)30-22(2,3)4)19-25-18(15-12-9-10-13-16(15)24)14-27(19)21(29)31-23(5,6)7/h8-10,12-14,17H,1,11H2,2-7H3,(H,26,28)/t17-/m0/s1. The molecule has 1 atom stereocenters. The highest BCUT2D eigenvalue weighted by molar-refractivity contribution is 5.75. The van der Waals surface area contributed by atoms with Crippen LogP contribution in [0.4, 0.5) is 14.0 Å². The van der Waals surface area contributed by atoms with Gasteiger partial charge in [0.05, 0.1) is 11.7 Å². The molecular formula is C23H30FN3O4. The SMILES string of the molecule is C=CC[C@H](NC(=O)OC(C)(C)C)c1nc(-c2ccccc2F)cn1C(=O)OC(C)(C)C. The average molecular weight is 432 g/mol. The molecule has 0 fully saturated rings. The maximum Gasteiger partial charge on any atom is 0.420 e. The van der Waals surface area contributed by atoms with Crippen molar-refractivity contribution in [1.82, 2.24) is 14.9 Å². The Labute approximate surface area is 182 Å². The summed E-state index contributed by atoms with van der Waals surface area (Å²) in [7, 11) is 0. The molecular weight excluding hydrogens is 401 g/mol. The number of imidazole rings is 1. The third-order valence-electron chi connectivity index (χ3n) is 3.88. The number of alkyl carbamates (subject to hydrolysis) is 1. The molecule has 1 aromatic heterocycles. The van der Waals surface area contributed by atoms with Gasteiger partial charge in [-0.3, -0.25) is 0 Å². The van der Waals surface area contributed by atoms with Crippen LogP contribution in [0.15, 0.2) is 43.1 Å². The number of amides is 1. The Morgan fingerprint density at radius 3 is 2.32 bits per heavy atom. The summed E-state index contributed by atoms with van der Waals surface area (Å²) < 4.78 is 26.3. The molecule has 0 aliphatic rings. The van der Waals surface area contributed by atoms with Gasteiger partial charge in [0, 0.05) is 11.8 Å². The van der Waals surface area contributed by atoms with Gasteiger partial charge in [0.25, 0.3) is 0 Å². The van der Waals surface area contributed by atoms with Gasteiger partial charge >= 0.3 is 12.2 Å². The fourth-order valence-electron chi connectivity index (χ4n) is 2.74. The lowest BCUT2D eigenvalue weighted by atomic mass is 10.1. The number of aromatic nitrogens is 2. The zero-order valence-corrected chi connectivity index (χ0v) is 18.9. The van der Waals surface area contributed by atoms with Crippen molar-refractivity contribution in [2.24, 2.45) is 0 Å². The highest BCUT2D eigenvalue weighted by Crippen LogP contribution is 2.27. The van der Waals surface area contributed by atoms with E-state index in [4.69, 9.17) is 9.47 Å². The van der Waals surface area contributed by atoms with Crippen LogP contribution in [0.25, 0.3) is 11.3 Å². The van der Waals surface area contributed by atoms with Gasteiger partial charge in [0.2, 0.25) is 0 Å². The van der Waals surface area contributed by atoms with E-state index in [9.17, 15) is 14.0 Å². The molecule has 8 heteroatoms. The number of carbonyl (C=O) groups excluding carboxylic acids is 2. The van der Waals surface area contributed by atoms with Gasteiger partial charge in [-0.05, 0) is 60.1 Å². The molecule has 0 saturated carbocycles. The first-order valence-corrected chi connectivity index (χ1v) is 9.98. The van der Waals surface area contributed by atoms with Gasteiger partial charge < -0.3 is 14.8 Å². The Morgan fingerprint density at radius 2 is 1.77 bits per heavy atom. The molecule has 1 N–H and O–H groups in total. The van der Waals surface area contributed by atoms with Gasteiger partial charge in [0.15, 0.2) is 0 Å². The second-order valence-corrected chi connectivity index (χ2v) is 9.04. The van der Waals surface area contributed by atoms with E-state index in [1.54, 1.807) is 65.8 Å². The number of halogens is 1. The first-order chi connectivity index (χ1) is 14.3. The lowest BCUT2D eigenvalue weighted by Gasteiger charge is -2.24. The number of nitrogens with zero attached hydrogens (tertiary/aromatic N) is 2. The summed E-state index contributed by atoms with van der Waals surface area (Å²) in [5, 5.41) is 2.71. The van der Waals surface area contributed by atoms with E-state index >= 15 is 0 Å². The zero-order chi connectivity index (χ0) is 23.4. The molecule has 1 heterocycles. The topological polar surface area (TPSA) is 82.5 Å². The number of hydrogen-bond donors (Lipinski definition) is 1. The first-order valence-electron chi connectivity index (χ1n) is 9.98. The van der Waals surface area contributed by atoms with Crippen molar-refractivity contribution in [2.45, 2.75) is 65.2 Å². The Hall–Kier alpha value is -3.16. The van der Waals surface area contributed by atoms with Gasteiger partial charge in [-0.25, -0.2) is 23.5 Å². The molecule has 1 amide bonds. The van der Waals surface area contributed by atoms with E-state index in [1.165, 1.54) is 16.8 Å². The summed E-state index contributed by atoms with van der Waals surface area (Å²) in [4.78, 5) is 29.7. The number of hydrogen-bond acceptors (Lipinski definition) is 5. The van der Waals surface area contributed by atoms with Crippen LogP contribution in [-0.4, -0.2) is 32.9 Å². The van der Waals surface area contributed by atoms with Crippen molar-refractivity contribution < 1.29 is 23.5 Å². The van der Waals surface area contributed by atoms with Crippen molar-refractivity contribution >= 4 is 12.2 Å². The molecule has 0 aliphatic carbocycles. The van der Waals surface area contributed by atoms with Crippen LogP contribution in [0.3, 0.4) is 0 Å². The lowest BCUT2D eigenvalue weighted by molar-refractivity contribution is 0.0473. The molecule has 2 aromatic rings. The Kier molecular flexibility index (Phi) is 7.25. The predicted molar refractivity (Wildman–Crippen MR) is 116 cm³/mol. The van der Waals surface area contributed by atoms with Crippen LogP contribution in [-0.2, 0) is 9.47 Å². The Morgan fingerprint density at radius 1 is 1.16 bits per heavy atom.